The number of hydrogen-bond donors (Lipinski definition) is 2. The second kappa shape index (κ2) is 4.80. The van der Waals surface area contributed by atoms with Crippen molar-refractivity contribution in [2.24, 2.45) is 5.73 Å². The van der Waals surface area contributed by atoms with Crippen molar-refractivity contribution in [3.8, 4) is 0 Å². The monoisotopic (exact) mass is 244 g/mol. The molecule has 3 nitrogen and oxygen atoms in total. The summed E-state index contributed by atoms with van der Waals surface area (Å²) < 4.78 is 12.8. The lowest BCUT2D eigenvalue weighted by atomic mass is 9.99. The molecule has 16 heavy (non-hydrogen) atoms. The number of benzene rings is 1. The van der Waals surface area contributed by atoms with Gasteiger partial charge in [0.25, 0.3) is 0 Å². The molecular formula is C11H14ClFN2O. The fraction of sp³-hybridized carbons (Fsp3) is 0.364. The fourth-order valence-corrected chi connectivity index (χ4v) is 1.23. The minimum atomic E-state index is -0.961. The second-order valence-electron chi connectivity index (χ2n) is 3.85. The van der Waals surface area contributed by atoms with E-state index in [1.54, 1.807) is 6.92 Å². The van der Waals surface area contributed by atoms with Gasteiger partial charge >= 0.3 is 0 Å². The van der Waals surface area contributed by atoms with Crippen LogP contribution < -0.4 is 11.1 Å². The Hall–Kier alpha value is -1.13. The highest BCUT2D eigenvalue weighted by Gasteiger charge is 2.26. The fourth-order valence-electron chi connectivity index (χ4n) is 1.02. The third kappa shape index (κ3) is 2.93. The number of nitrogens with one attached hydrogen (secondary N) is 1. The minimum absolute atomic E-state index is 0.153. The van der Waals surface area contributed by atoms with Crippen molar-refractivity contribution >= 4 is 23.2 Å². The molecule has 0 aliphatic carbocycles. The number of carbonyl (C=O) groups excluding carboxylic acids is 1. The molecule has 0 bridgehead atoms. The third-order valence-corrected chi connectivity index (χ3v) is 2.75. The van der Waals surface area contributed by atoms with Gasteiger partial charge in [-0.15, -0.1) is 0 Å². The Kier molecular flexibility index (Phi) is 3.88. The van der Waals surface area contributed by atoms with Crippen LogP contribution in [0.1, 0.15) is 20.3 Å². The summed E-state index contributed by atoms with van der Waals surface area (Å²) in [4.78, 5) is 11.7. The van der Waals surface area contributed by atoms with Crippen molar-refractivity contribution in [3.05, 3.63) is 29.0 Å². The lowest BCUT2D eigenvalue weighted by Gasteiger charge is -2.21. The van der Waals surface area contributed by atoms with Crippen molar-refractivity contribution in [2.45, 2.75) is 25.8 Å². The molecule has 0 aliphatic rings. The molecule has 0 saturated carbocycles. The summed E-state index contributed by atoms with van der Waals surface area (Å²) in [5.74, 6) is -0.794. The molecule has 1 amide bonds. The first-order valence-electron chi connectivity index (χ1n) is 4.92. The Morgan fingerprint density at radius 3 is 2.75 bits per heavy atom. The average molecular weight is 245 g/mol. The molecule has 0 radical (unpaired) electrons. The number of rotatable bonds is 3. The number of nitrogens with two attached hydrogens (primary N) is 1. The van der Waals surface area contributed by atoms with E-state index in [1.165, 1.54) is 12.1 Å². The Morgan fingerprint density at radius 2 is 2.25 bits per heavy atom. The second-order valence-corrected chi connectivity index (χ2v) is 4.26. The lowest BCUT2D eigenvalue weighted by Crippen LogP contribution is -2.47. The van der Waals surface area contributed by atoms with E-state index in [0.29, 0.717) is 12.1 Å². The number of hydrogen-bond acceptors (Lipinski definition) is 2. The Balaban J connectivity index is 2.85. The quantitative estimate of drug-likeness (QED) is 0.859. The maximum Gasteiger partial charge on any atom is 0.244 e. The molecule has 3 N–H and O–H groups in total. The van der Waals surface area contributed by atoms with Gasteiger partial charge in [0.15, 0.2) is 0 Å². The van der Waals surface area contributed by atoms with Gasteiger partial charge in [0.05, 0.1) is 16.2 Å². The van der Waals surface area contributed by atoms with E-state index in [1.807, 2.05) is 6.92 Å². The maximum absolute atomic E-state index is 12.8. The molecule has 88 valence electrons. The van der Waals surface area contributed by atoms with E-state index in [9.17, 15) is 9.18 Å². The van der Waals surface area contributed by atoms with Crippen LogP contribution in [0.4, 0.5) is 10.1 Å². The largest absolute Gasteiger partial charge is 0.323 e. The van der Waals surface area contributed by atoms with Gasteiger partial charge in [-0.2, -0.15) is 0 Å². The van der Waals surface area contributed by atoms with Crippen LogP contribution in [0.3, 0.4) is 0 Å². The van der Waals surface area contributed by atoms with Gasteiger partial charge in [0.2, 0.25) is 5.91 Å². The molecule has 1 aromatic carbocycles. The highest BCUT2D eigenvalue weighted by molar-refractivity contribution is 6.33. The maximum atomic E-state index is 12.8. The summed E-state index contributed by atoms with van der Waals surface area (Å²) in [5, 5.41) is 2.72. The Labute approximate surface area is 98.8 Å². The molecule has 0 aliphatic heterocycles. The van der Waals surface area contributed by atoms with Gasteiger partial charge in [-0.1, -0.05) is 18.5 Å². The number of halogens is 2. The molecular weight excluding hydrogens is 231 g/mol. The van der Waals surface area contributed by atoms with Crippen LogP contribution in [0.2, 0.25) is 5.02 Å². The van der Waals surface area contributed by atoms with Crippen LogP contribution in [0.5, 0.6) is 0 Å². The molecule has 0 saturated heterocycles. The standard InChI is InChI=1S/C11H14ClFN2O/c1-3-11(2,14)10(16)15-9-5-4-7(13)6-8(9)12/h4-6H,3,14H2,1-2H3,(H,15,16). The minimum Gasteiger partial charge on any atom is -0.323 e. The van der Waals surface area contributed by atoms with Crippen LogP contribution in [-0.2, 0) is 4.79 Å². The van der Waals surface area contributed by atoms with Crippen LogP contribution in [0.25, 0.3) is 0 Å². The average Bonchev–Trinajstić information content (AvgIpc) is 2.22. The smallest absolute Gasteiger partial charge is 0.244 e. The molecule has 1 atom stereocenters. The molecule has 1 aromatic rings. The van der Waals surface area contributed by atoms with Gasteiger partial charge in [0, 0.05) is 0 Å². The lowest BCUT2D eigenvalue weighted by molar-refractivity contribution is -0.120. The normalized spacial score (nSPS) is 14.3. The van der Waals surface area contributed by atoms with Gasteiger partial charge in [-0.25, -0.2) is 4.39 Å². The molecule has 1 unspecified atom stereocenters. The zero-order chi connectivity index (χ0) is 12.3. The highest BCUT2D eigenvalue weighted by atomic mass is 35.5. The number of carbonyl (C=O) groups is 1. The SMILES string of the molecule is CCC(C)(N)C(=O)Nc1ccc(F)cc1Cl. The third-order valence-electron chi connectivity index (χ3n) is 2.43. The van der Waals surface area contributed by atoms with Crippen LogP contribution in [-0.4, -0.2) is 11.4 Å². The van der Waals surface area contributed by atoms with Gasteiger partial charge in [-0.3, -0.25) is 4.79 Å². The summed E-state index contributed by atoms with van der Waals surface area (Å²) in [6, 6.07) is 3.76. The first-order chi connectivity index (χ1) is 7.36. The molecule has 0 spiro atoms. The summed E-state index contributed by atoms with van der Waals surface area (Å²) in [6.07, 6.45) is 0.498. The molecule has 5 heteroatoms. The summed E-state index contributed by atoms with van der Waals surface area (Å²) >= 11 is 5.77. The van der Waals surface area contributed by atoms with Gasteiger partial charge in [0.1, 0.15) is 5.82 Å². The molecule has 0 heterocycles. The van der Waals surface area contributed by atoms with E-state index in [-0.39, 0.29) is 10.9 Å². The zero-order valence-electron chi connectivity index (χ0n) is 9.18. The molecule has 1 rings (SSSR count). The van der Waals surface area contributed by atoms with Crippen molar-refractivity contribution < 1.29 is 9.18 Å². The molecule has 0 aromatic heterocycles. The van der Waals surface area contributed by atoms with E-state index in [0.717, 1.165) is 6.07 Å². The predicted octanol–water partition coefficient (Wildman–Crippen LogP) is 2.55. The first kappa shape index (κ1) is 12.9. The summed E-state index contributed by atoms with van der Waals surface area (Å²) in [6.45, 7) is 3.44. The zero-order valence-corrected chi connectivity index (χ0v) is 9.94. The van der Waals surface area contributed by atoms with Gasteiger partial charge in [-0.05, 0) is 31.5 Å². The summed E-state index contributed by atoms with van der Waals surface area (Å²) in [7, 11) is 0. The predicted molar refractivity (Wildman–Crippen MR) is 62.9 cm³/mol. The first-order valence-corrected chi connectivity index (χ1v) is 5.30. The van der Waals surface area contributed by atoms with Crippen LogP contribution >= 0.6 is 11.6 Å². The van der Waals surface area contributed by atoms with Crippen LogP contribution in [0.15, 0.2) is 18.2 Å². The van der Waals surface area contributed by atoms with Crippen LogP contribution in [0, 0.1) is 5.82 Å². The number of amides is 1. The van der Waals surface area contributed by atoms with E-state index in [4.69, 9.17) is 17.3 Å². The molecule has 0 fully saturated rings. The van der Waals surface area contributed by atoms with E-state index >= 15 is 0 Å². The van der Waals surface area contributed by atoms with E-state index < -0.39 is 11.4 Å². The topological polar surface area (TPSA) is 55.1 Å². The van der Waals surface area contributed by atoms with Crippen molar-refractivity contribution in [1.29, 1.82) is 0 Å². The van der Waals surface area contributed by atoms with Crippen molar-refractivity contribution in [3.63, 3.8) is 0 Å². The van der Waals surface area contributed by atoms with Crippen molar-refractivity contribution in [1.82, 2.24) is 0 Å². The summed E-state index contributed by atoms with van der Waals surface area (Å²) in [5.41, 5.74) is 5.16. The number of anilines is 1. The Bertz CT molecular complexity index is 407. The van der Waals surface area contributed by atoms with Gasteiger partial charge < -0.3 is 11.1 Å². The van der Waals surface area contributed by atoms with E-state index in [2.05, 4.69) is 5.32 Å². The Morgan fingerprint density at radius 1 is 1.62 bits per heavy atom. The van der Waals surface area contributed by atoms with Crippen molar-refractivity contribution in [2.75, 3.05) is 5.32 Å². The highest BCUT2D eigenvalue weighted by Crippen LogP contribution is 2.23.